The summed E-state index contributed by atoms with van der Waals surface area (Å²) in [5, 5.41) is 10.3. The second-order valence-electron chi connectivity index (χ2n) is 4.95. The van der Waals surface area contributed by atoms with Crippen LogP contribution < -0.4 is 4.74 Å². The number of fused-ring (bicyclic) bond motifs is 1. The van der Waals surface area contributed by atoms with E-state index in [2.05, 4.69) is 35.0 Å². The molecule has 1 N–H and O–H groups in total. The van der Waals surface area contributed by atoms with E-state index in [4.69, 9.17) is 4.74 Å². The minimum atomic E-state index is -0.480. The van der Waals surface area contributed by atoms with E-state index in [9.17, 15) is 5.11 Å². The largest absolute Gasteiger partial charge is 0.485 e. The second-order valence-corrected chi connectivity index (χ2v) is 5.87. The number of aliphatic hydroxyl groups is 1. The third-order valence-electron chi connectivity index (χ3n) is 3.45. The fourth-order valence-electron chi connectivity index (χ4n) is 2.49. The Morgan fingerprint density at radius 3 is 2.84 bits per heavy atom. The van der Waals surface area contributed by atoms with E-state index in [0.717, 1.165) is 21.3 Å². The number of aryl methyl sites for hydroxylation is 1. The molecule has 0 fully saturated rings. The summed E-state index contributed by atoms with van der Waals surface area (Å²) in [5.74, 6) is 0.772. The molecule has 0 bridgehead atoms. The molecule has 19 heavy (non-hydrogen) atoms. The average Bonchev–Trinajstić information content (AvgIpc) is 2.39. The molecule has 0 radical (unpaired) electrons. The third-order valence-corrected chi connectivity index (χ3v) is 3.94. The first-order valence-corrected chi connectivity index (χ1v) is 7.13. The number of ether oxygens (including phenoxy) is 1. The highest BCUT2D eigenvalue weighted by atomic mass is 79.9. The number of aliphatic hydroxyl groups excluding tert-OH is 1. The van der Waals surface area contributed by atoms with Crippen LogP contribution in [0.2, 0.25) is 0 Å². The molecule has 1 aliphatic rings. The Morgan fingerprint density at radius 2 is 2.05 bits per heavy atom. The lowest BCUT2D eigenvalue weighted by Gasteiger charge is -2.30. The van der Waals surface area contributed by atoms with E-state index in [1.807, 2.05) is 30.3 Å². The van der Waals surface area contributed by atoms with Crippen molar-refractivity contribution in [1.29, 1.82) is 0 Å². The van der Waals surface area contributed by atoms with Gasteiger partial charge in [0.05, 0.1) is 6.10 Å². The number of benzene rings is 2. The van der Waals surface area contributed by atoms with Gasteiger partial charge < -0.3 is 9.84 Å². The summed E-state index contributed by atoms with van der Waals surface area (Å²) < 4.78 is 6.98. The lowest BCUT2D eigenvalue weighted by molar-refractivity contribution is 0.0656. The summed E-state index contributed by atoms with van der Waals surface area (Å²) in [5.41, 5.74) is 3.18. The molecule has 0 spiro atoms. The third kappa shape index (κ3) is 2.53. The Balaban J connectivity index is 1.95. The Morgan fingerprint density at radius 1 is 1.21 bits per heavy atom. The molecule has 0 amide bonds. The van der Waals surface area contributed by atoms with Gasteiger partial charge in [-0.25, -0.2) is 0 Å². The topological polar surface area (TPSA) is 29.5 Å². The molecule has 2 atom stereocenters. The predicted octanol–water partition coefficient (Wildman–Crippen LogP) is 4.31. The molecule has 0 aromatic heterocycles. The van der Waals surface area contributed by atoms with Crippen LogP contribution in [0, 0.1) is 6.92 Å². The SMILES string of the molecule is Cc1cccc(C2C[C@H](O)c3cc(Br)ccc3O2)c1. The molecule has 98 valence electrons. The second kappa shape index (κ2) is 4.99. The van der Waals surface area contributed by atoms with E-state index in [1.165, 1.54) is 5.56 Å². The first-order chi connectivity index (χ1) is 9.13. The fraction of sp³-hybridized carbons (Fsp3) is 0.250. The molecule has 2 aromatic rings. The zero-order valence-electron chi connectivity index (χ0n) is 10.6. The Kier molecular flexibility index (Phi) is 3.33. The molecule has 1 heterocycles. The van der Waals surface area contributed by atoms with Crippen molar-refractivity contribution in [2.45, 2.75) is 25.6 Å². The lowest BCUT2D eigenvalue weighted by atomic mass is 9.94. The van der Waals surface area contributed by atoms with Crippen molar-refractivity contribution in [1.82, 2.24) is 0 Å². The van der Waals surface area contributed by atoms with Gasteiger partial charge in [-0.05, 0) is 30.7 Å². The van der Waals surface area contributed by atoms with Crippen molar-refractivity contribution >= 4 is 15.9 Å². The predicted molar refractivity (Wildman–Crippen MR) is 78.3 cm³/mol. The maximum absolute atomic E-state index is 10.3. The summed E-state index contributed by atoms with van der Waals surface area (Å²) in [7, 11) is 0. The Labute approximate surface area is 121 Å². The van der Waals surface area contributed by atoms with E-state index >= 15 is 0 Å². The van der Waals surface area contributed by atoms with Gasteiger partial charge in [0.1, 0.15) is 11.9 Å². The van der Waals surface area contributed by atoms with Gasteiger partial charge in [-0.1, -0.05) is 45.8 Å². The van der Waals surface area contributed by atoms with Crippen molar-refractivity contribution < 1.29 is 9.84 Å². The summed E-state index contributed by atoms with van der Waals surface area (Å²) in [6, 6.07) is 14.0. The molecule has 2 aromatic carbocycles. The minimum absolute atomic E-state index is 0.0800. The van der Waals surface area contributed by atoms with Gasteiger partial charge in [0.15, 0.2) is 0 Å². The summed E-state index contributed by atoms with van der Waals surface area (Å²) in [6.07, 6.45) is 0.0303. The highest BCUT2D eigenvalue weighted by molar-refractivity contribution is 9.10. The lowest BCUT2D eigenvalue weighted by Crippen LogP contribution is -2.19. The molecule has 0 saturated heterocycles. The maximum Gasteiger partial charge on any atom is 0.127 e. The Bertz CT molecular complexity index is 609. The average molecular weight is 319 g/mol. The van der Waals surface area contributed by atoms with Crippen LogP contribution >= 0.6 is 15.9 Å². The molecular weight excluding hydrogens is 304 g/mol. The maximum atomic E-state index is 10.3. The molecule has 3 rings (SSSR count). The minimum Gasteiger partial charge on any atom is -0.485 e. The van der Waals surface area contributed by atoms with Gasteiger partial charge in [0, 0.05) is 16.5 Å². The zero-order chi connectivity index (χ0) is 13.4. The van der Waals surface area contributed by atoms with Crippen LogP contribution in [0.3, 0.4) is 0 Å². The van der Waals surface area contributed by atoms with Crippen LogP contribution in [0.4, 0.5) is 0 Å². The summed E-state index contributed by atoms with van der Waals surface area (Å²) in [4.78, 5) is 0. The van der Waals surface area contributed by atoms with Gasteiger partial charge in [-0.15, -0.1) is 0 Å². The van der Waals surface area contributed by atoms with Crippen LogP contribution in [0.15, 0.2) is 46.9 Å². The van der Waals surface area contributed by atoms with Crippen LogP contribution in [-0.2, 0) is 0 Å². The smallest absolute Gasteiger partial charge is 0.127 e. The van der Waals surface area contributed by atoms with Crippen molar-refractivity contribution in [3.05, 3.63) is 63.6 Å². The highest BCUT2D eigenvalue weighted by Crippen LogP contribution is 2.41. The number of halogens is 1. The molecule has 0 saturated carbocycles. The molecule has 0 aliphatic carbocycles. The molecular formula is C16H15BrO2. The van der Waals surface area contributed by atoms with Gasteiger partial charge in [0.25, 0.3) is 0 Å². The van der Waals surface area contributed by atoms with E-state index in [1.54, 1.807) is 0 Å². The number of hydrogen-bond acceptors (Lipinski definition) is 2. The van der Waals surface area contributed by atoms with Crippen LogP contribution in [0.5, 0.6) is 5.75 Å². The van der Waals surface area contributed by atoms with Gasteiger partial charge in [-0.2, -0.15) is 0 Å². The van der Waals surface area contributed by atoms with Crippen LogP contribution in [0.1, 0.15) is 35.3 Å². The van der Waals surface area contributed by atoms with Crippen molar-refractivity contribution in [3.8, 4) is 5.75 Å². The summed E-state index contributed by atoms with van der Waals surface area (Å²) >= 11 is 3.42. The number of rotatable bonds is 1. The fourth-order valence-corrected chi connectivity index (χ4v) is 2.87. The summed E-state index contributed by atoms with van der Waals surface area (Å²) in [6.45, 7) is 2.06. The van der Waals surface area contributed by atoms with Crippen LogP contribution in [-0.4, -0.2) is 5.11 Å². The molecule has 1 unspecified atom stereocenters. The molecule has 3 heteroatoms. The van der Waals surface area contributed by atoms with E-state index in [-0.39, 0.29) is 6.10 Å². The van der Waals surface area contributed by atoms with E-state index in [0.29, 0.717) is 6.42 Å². The van der Waals surface area contributed by atoms with Crippen molar-refractivity contribution in [3.63, 3.8) is 0 Å². The molecule has 2 nitrogen and oxygen atoms in total. The first-order valence-electron chi connectivity index (χ1n) is 6.34. The van der Waals surface area contributed by atoms with Gasteiger partial charge in [0.2, 0.25) is 0 Å². The van der Waals surface area contributed by atoms with Gasteiger partial charge >= 0.3 is 0 Å². The van der Waals surface area contributed by atoms with Crippen LogP contribution in [0.25, 0.3) is 0 Å². The van der Waals surface area contributed by atoms with Gasteiger partial charge in [-0.3, -0.25) is 0 Å². The monoisotopic (exact) mass is 318 g/mol. The zero-order valence-corrected chi connectivity index (χ0v) is 12.2. The quantitative estimate of drug-likeness (QED) is 0.848. The first kappa shape index (κ1) is 12.7. The normalized spacial score (nSPS) is 21.6. The van der Waals surface area contributed by atoms with E-state index < -0.39 is 6.10 Å². The van der Waals surface area contributed by atoms with Crippen molar-refractivity contribution in [2.24, 2.45) is 0 Å². The number of hydrogen-bond donors (Lipinski definition) is 1. The Hall–Kier alpha value is -1.32. The highest BCUT2D eigenvalue weighted by Gasteiger charge is 2.28. The standard InChI is InChI=1S/C16H15BrO2/c1-10-3-2-4-11(7-10)16-9-14(18)13-8-12(17)5-6-15(13)19-16/h2-8,14,16,18H,9H2,1H3/t14-,16?/m0/s1. The molecule has 1 aliphatic heterocycles. The van der Waals surface area contributed by atoms with Crippen molar-refractivity contribution in [2.75, 3.05) is 0 Å².